The van der Waals surface area contributed by atoms with Crippen molar-refractivity contribution in [3.8, 4) is 11.5 Å². The average molecular weight is 384 g/mol. The summed E-state index contributed by atoms with van der Waals surface area (Å²) < 4.78 is 19.5. The Morgan fingerprint density at radius 3 is 1.68 bits per heavy atom. The fourth-order valence-corrected chi connectivity index (χ4v) is 3.05. The fraction of sp³-hybridized carbons (Fsp3) is 0.143. The molecule has 0 spiro atoms. The highest BCUT2D eigenvalue weighted by Crippen LogP contribution is 2.48. The van der Waals surface area contributed by atoms with Gasteiger partial charge in [0, 0.05) is 8.95 Å². The van der Waals surface area contributed by atoms with Crippen molar-refractivity contribution in [3.05, 3.63) is 56.5 Å². The Bertz CT molecular complexity index is 614. The number of halogens is 2. The van der Waals surface area contributed by atoms with Crippen LogP contribution < -0.4 is 9.47 Å². The van der Waals surface area contributed by atoms with Crippen molar-refractivity contribution < 1.29 is 14.2 Å². The third kappa shape index (κ3) is 1.88. The molecule has 2 aliphatic heterocycles. The molecule has 0 N–H and O–H groups in total. The highest BCUT2D eigenvalue weighted by Gasteiger charge is 2.37. The largest absolute Gasteiger partial charge is 0.460 e. The molecule has 0 aliphatic carbocycles. The van der Waals surface area contributed by atoms with Crippen LogP contribution in [0.15, 0.2) is 45.3 Å². The molecular formula is C14H8Br2O3. The molecule has 5 heteroatoms. The van der Waals surface area contributed by atoms with Crippen molar-refractivity contribution in [2.75, 3.05) is 0 Å². The first-order valence-electron chi connectivity index (χ1n) is 5.78. The van der Waals surface area contributed by atoms with E-state index < -0.39 is 12.6 Å². The second-order valence-electron chi connectivity index (χ2n) is 4.40. The molecule has 2 aromatic rings. The average Bonchev–Trinajstić information content (AvgIpc) is 2.41. The van der Waals surface area contributed by atoms with Gasteiger partial charge in [0.1, 0.15) is 11.5 Å². The van der Waals surface area contributed by atoms with Gasteiger partial charge in [0.05, 0.1) is 11.1 Å². The van der Waals surface area contributed by atoms with Gasteiger partial charge in [-0.2, -0.15) is 0 Å². The van der Waals surface area contributed by atoms with Gasteiger partial charge in [0.15, 0.2) is 0 Å². The van der Waals surface area contributed by atoms with Gasteiger partial charge in [0.25, 0.3) is 0 Å². The van der Waals surface area contributed by atoms with Crippen LogP contribution in [0.2, 0.25) is 0 Å². The quantitative estimate of drug-likeness (QED) is 0.659. The Morgan fingerprint density at radius 2 is 1.21 bits per heavy atom. The summed E-state index contributed by atoms with van der Waals surface area (Å²) in [4.78, 5) is 0. The van der Waals surface area contributed by atoms with Crippen LogP contribution in [0, 0.1) is 0 Å². The number of hydrogen-bond acceptors (Lipinski definition) is 3. The van der Waals surface area contributed by atoms with Crippen molar-refractivity contribution in [2.24, 2.45) is 0 Å². The lowest BCUT2D eigenvalue weighted by molar-refractivity contribution is -0.227. The first-order valence-corrected chi connectivity index (χ1v) is 7.37. The van der Waals surface area contributed by atoms with Gasteiger partial charge < -0.3 is 9.47 Å². The topological polar surface area (TPSA) is 27.7 Å². The van der Waals surface area contributed by atoms with Crippen LogP contribution in [0.5, 0.6) is 11.5 Å². The number of benzene rings is 2. The van der Waals surface area contributed by atoms with Crippen molar-refractivity contribution in [3.63, 3.8) is 0 Å². The number of rotatable bonds is 0. The second kappa shape index (κ2) is 4.23. The minimum Gasteiger partial charge on any atom is -0.460 e. The lowest BCUT2D eigenvalue weighted by Gasteiger charge is -2.37. The minimum atomic E-state index is -0.417. The fourth-order valence-electron chi connectivity index (χ4n) is 2.29. The molecule has 2 bridgehead atoms. The molecule has 2 aliphatic rings. The third-order valence-corrected chi connectivity index (χ3v) is 4.15. The second-order valence-corrected chi connectivity index (χ2v) is 6.23. The molecular weight excluding hydrogens is 376 g/mol. The van der Waals surface area contributed by atoms with E-state index in [2.05, 4.69) is 31.9 Å². The number of ether oxygens (including phenoxy) is 3. The van der Waals surface area contributed by atoms with E-state index in [1.54, 1.807) is 0 Å². The predicted molar refractivity (Wildman–Crippen MR) is 76.1 cm³/mol. The number of fused-ring (bicyclic) bond motifs is 6. The molecule has 96 valence electrons. The van der Waals surface area contributed by atoms with E-state index >= 15 is 0 Å². The van der Waals surface area contributed by atoms with Crippen LogP contribution in [0.1, 0.15) is 23.7 Å². The maximum atomic E-state index is 5.90. The summed E-state index contributed by atoms with van der Waals surface area (Å²) in [6.45, 7) is 0. The first kappa shape index (κ1) is 11.8. The van der Waals surface area contributed by atoms with E-state index in [1.165, 1.54) is 0 Å². The lowest BCUT2D eigenvalue weighted by atomic mass is 10.1. The molecule has 0 saturated carbocycles. The zero-order valence-electron chi connectivity index (χ0n) is 9.60. The summed E-state index contributed by atoms with van der Waals surface area (Å²) >= 11 is 6.90. The van der Waals surface area contributed by atoms with E-state index in [0.717, 1.165) is 31.6 Å². The van der Waals surface area contributed by atoms with Crippen LogP contribution in [0.3, 0.4) is 0 Å². The van der Waals surface area contributed by atoms with Crippen molar-refractivity contribution >= 4 is 31.9 Å². The minimum absolute atomic E-state index is 0.417. The van der Waals surface area contributed by atoms with Gasteiger partial charge in [-0.3, -0.25) is 4.74 Å². The maximum absolute atomic E-state index is 5.90. The van der Waals surface area contributed by atoms with Gasteiger partial charge in [-0.05, 0) is 36.4 Å². The summed E-state index contributed by atoms with van der Waals surface area (Å²) in [5.74, 6) is 1.60. The molecule has 2 unspecified atom stereocenters. The molecule has 2 atom stereocenters. The van der Waals surface area contributed by atoms with Crippen molar-refractivity contribution in [1.82, 2.24) is 0 Å². The standard InChI is InChI=1S/C14H8Br2O3/c15-7-1-3-11-9(5-7)13-18-12-4-2-8(16)6-10(12)14(17-11)19-13/h1-6,13-14H. The first-order chi connectivity index (χ1) is 9.20. The summed E-state index contributed by atoms with van der Waals surface area (Å²) in [6.07, 6.45) is -0.833. The molecule has 0 amide bonds. The van der Waals surface area contributed by atoms with Crippen LogP contribution in [-0.4, -0.2) is 0 Å². The zero-order chi connectivity index (χ0) is 13.0. The lowest BCUT2D eigenvalue weighted by Crippen LogP contribution is -2.30. The van der Waals surface area contributed by atoms with Crippen LogP contribution in [-0.2, 0) is 4.74 Å². The summed E-state index contributed by atoms with van der Waals surface area (Å²) in [5.41, 5.74) is 1.80. The van der Waals surface area contributed by atoms with E-state index in [9.17, 15) is 0 Å². The van der Waals surface area contributed by atoms with E-state index in [1.807, 2.05) is 36.4 Å². The van der Waals surface area contributed by atoms with Gasteiger partial charge in [-0.15, -0.1) is 0 Å². The van der Waals surface area contributed by atoms with E-state index in [-0.39, 0.29) is 0 Å². The van der Waals surface area contributed by atoms with Gasteiger partial charge in [0.2, 0.25) is 12.6 Å². The highest BCUT2D eigenvalue weighted by atomic mass is 79.9. The van der Waals surface area contributed by atoms with Gasteiger partial charge >= 0.3 is 0 Å². The van der Waals surface area contributed by atoms with E-state index in [0.29, 0.717) is 0 Å². The number of hydrogen-bond donors (Lipinski definition) is 0. The van der Waals surface area contributed by atoms with E-state index in [4.69, 9.17) is 14.2 Å². The van der Waals surface area contributed by atoms with Gasteiger partial charge in [-0.1, -0.05) is 31.9 Å². The third-order valence-electron chi connectivity index (χ3n) is 3.17. The molecule has 0 aromatic heterocycles. The molecule has 2 heterocycles. The Hall–Kier alpha value is -1.04. The molecule has 0 fully saturated rings. The zero-order valence-corrected chi connectivity index (χ0v) is 12.8. The van der Waals surface area contributed by atoms with Crippen molar-refractivity contribution in [2.45, 2.75) is 12.6 Å². The molecule has 0 radical (unpaired) electrons. The maximum Gasteiger partial charge on any atom is 0.233 e. The molecule has 0 saturated heterocycles. The SMILES string of the molecule is Brc1ccc2c(c1)C1Oc3ccc(Br)cc3C(O2)O1. The molecule has 4 rings (SSSR count). The predicted octanol–water partition coefficient (Wildman–Crippen LogP) is 4.71. The Kier molecular flexibility index (Phi) is 2.62. The van der Waals surface area contributed by atoms with Crippen LogP contribution in [0.4, 0.5) is 0 Å². The van der Waals surface area contributed by atoms with Crippen LogP contribution >= 0.6 is 31.9 Å². The molecule has 19 heavy (non-hydrogen) atoms. The summed E-state index contributed by atoms with van der Waals surface area (Å²) in [7, 11) is 0. The molecule has 2 aromatic carbocycles. The van der Waals surface area contributed by atoms with Crippen LogP contribution in [0.25, 0.3) is 0 Å². The van der Waals surface area contributed by atoms with Gasteiger partial charge in [-0.25, -0.2) is 0 Å². The normalized spacial score (nSPS) is 22.8. The summed E-state index contributed by atoms with van der Waals surface area (Å²) in [6, 6.07) is 11.7. The Morgan fingerprint density at radius 1 is 0.737 bits per heavy atom. The Balaban J connectivity index is 1.84. The highest BCUT2D eigenvalue weighted by molar-refractivity contribution is 9.10. The summed E-state index contributed by atoms with van der Waals surface area (Å²) in [5, 5.41) is 0. The van der Waals surface area contributed by atoms with Crippen molar-refractivity contribution in [1.29, 1.82) is 0 Å². The monoisotopic (exact) mass is 382 g/mol. The Labute approximate surface area is 126 Å². The molecule has 3 nitrogen and oxygen atoms in total. The smallest absolute Gasteiger partial charge is 0.233 e.